The fraction of sp³-hybridized carbons (Fsp3) is 0.833. The molecule has 4 nitrogen and oxygen atoms in total. The standard InChI is InChI=1S/C24H36N2O2S/c1-22-9-6-17(27)14-16(22)4-5-18-19(22)7-10-23(2)20(18)8-11-24(23,28)15-29-21-25-12-13-26(21)3/h12-13,16,18-20,28H,4-11,14-15H2,1-3H3/t16-,18+,19-,20+,22-,23-,24+/m0/s1. The van der Waals surface area contributed by atoms with E-state index < -0.39 is 5.60 Å². The molecule has 1 N–H and O–H groups in total. The Labute approximate surface area is 179 Å². The van der Waals surface area contributed by atoms with Crippen molar-refractivity contribution in [2.75, 3.05) is 5.75 Å². The van der Waals surface area contributed by atoms with Crippen LogP contribution in [0.25, 0.3) is 0 Å². The molecular formula is C24H36N2O2S. The van der Waals surface area contributed by atoms with Gasteiger partial charge < -0.3 is 9.67 Å². The van der Waals surface area contributed by atoms with Crippen LogP contribution in [0.5, 0.6) is 0 Å². The third-order valence-electron chi connectivity index (χ3n) is 10.0. The first-order valence-electron chi connectivity index (χ1n) is 11.6. The maximum absolute atomic E-state index is 12.1. The minimum Gasteiger partial charge on any atom is -0.388 e. The Morgan fingerprint density at radius 2 is 1.97 bits per heavy atom. The molecule has 0 saturated heterocycles. The Hall–Kier alpha value is -0.810. The van der Waals surface area contributed by atoms with Gasteiger partial charge in [0.05, 0.1) is 5.60 Å². The number of carbonyl (C=O) groups excluding carboxylic acids is 1. The second-order valence-corrected chi connectivity index (χ2v) is 12.0. The molecule has 4 fully saturated rings. The Kier molecular flexibility index (Phi) is 4.75. The van der Waals surface area contributed by atoms with Gasteiger partial charge in [-0.25, -0.2) is 4.98 Å². The number of aliphatic hydroxyl groups is 1. The minimum atomic E-state index is -0.598. The number of hydrogen-bond donors (Lipinski definition) is 1. The molecule has 4 aliphatic carbocycles. The van der Waals surface area contributed by atoms with Crippen molar-refractivity contribution in [3.05, 3.63) is 12.4 Å². The normalized spacial score (nSPS) is 46.8. The predicted octanol–water partition coefficient (Wildman–Crippen LogP) is 4.86. The Morgan fingerprint density at radius 3 is 2.72 bits per heavy atom. The lowest BCUT2D eigenvalue weighted by Gasteiger charge is -2.61. The highest BCUT2D eigenvalue weighted by Crippen LogP contribution is 2.68. The number of fused-ring (bicyclic) bond motifs is 5. The van der Waals surface area contributed by atoms with Gasteiger partial charge in [-0.1, -0.05) is 25.6 Å². The molecule has 1 aromatic rings. The van der Waals surface area contributed by atoms with Crippen molar-refractivity contribution in [2.24, 2.45) is 41.5 Å². The van der Waals surface area contributed by atoms with Crippen LogP contribution in [0, 0.1) is 34.5 Å². The molecule has 5 rings (SSSR count). The van der Waals surface area contributed by atoms with E-state index in [1.165, 1.54) is 19.3 Å². The van der Waals surface area contributed by atoms with Crippen molar-refractivity contribution in [1.29, 1.82) is 0 Å². The summed E-state index contributed by atoms with van der Waals surface area (Å²) in [4.78, 5) is 16.5. The lowest BCUT2D eigenvalue weighted by atomic mass is 9.44. The van der Waals surface area contributed by atoms with E-state index in [9.17, 15) is 9.90 Å². The van der Waals surface area contributed by atoms with Crippen molar-refractivity contribution in [3.63, 3.8) is 0 Å². The number of carbonyl (C=O) groups is 1. The molecular weight excluding hydrogens is 380 g/mol. The average Bonchev–Trinajstić information content (AvgIpc) is 3.22. The molecule has 1 heterocycles. The van der Waals surface area contributed by atoms with E-state index in [1.54, 1.807) is 11.8 Å². The Bertz CT molecular complexity index is 809. The van der Waals surface area contributed by atoms with Gasteiger partial charge in [-0.3, -0.25) is 4.79 Å². The number of nitrogens with zero attached hydrogens (tertiary/aromatic N) is 2. The molecule has 0 unspecified atom stereocenters. The number of imidazole rings is 1. The Balaban J connectivity index is 1.36. The fourth-order valence-electron chi connectivity index (χ4n) is 8.07. The number of ketones is 1. The number of hydrogen-bond acceptors (Lipinski definition) is 4. The highest BCUT2D eigenvalue weighted by Gasteiger charge is 2.64. The largest absolute Gasteiger partial charge is 0.388 e. The van der Waals surface area contributed by atoms with Gasteiger partial charge in [0.25, 0.3) is 0 Å². The SMILES string of the molecule is Cn1ccnc1SC[C@]1(O)CC[C@@H]2[C@@H]3CC[C@H]4CC(=O)CC[C@]4(C)[C@H]3CC[C@@]21C. The summed E-state index contributed by atoms with van der Waals surface area (Å²) in [6.45, 7) is 4.89. The van der Waals surface area contributed by atoms with Gasteiger partial charge in [0.15, 0.2) is 5.16 Å². The van der Waals surface area contributed by atoms with Gasteiger partial charge in [-0.05, 0) is 74.0 Å². The number of aromatic nitrogens is 2. The van der Waals surface area contributed by atoms with Crippen LogP contribution in [0.1, 0.15) is 71.6 Å². The van der Waals surface area contributed by atoms with Crippen LogP contribution in [-0.4, -0.2) is 31.8 Å². The van der Waals surface area contributed by atoms with Gasteiger partial charge in [0.2, 0.25) is 0 Å². The molecule has 29 heavy (non-hydrogen) atoms. The summed E-state index contributed by atoms with van der Waals surface area (Å²) >= 11 is 1.72. The van der Waals surface area contributed by atoms with Gasteiger partial charge in [-0.15, -0.1) is 0 Å². The molecule has 0 radical (unpaired) electrons. The Morgan fingerprint density at radius 1 is 1.17 bits per heavy atom. The van der Waals surface area contributed by atoms with Crippen LogP contribution < -0.4 is 0 Å². The van der Waals surface area contributed by atoms with Crippen molar-refractivity contribution in [2.45, 2.75) is 82.4 Å². The van der Waals surface area contributed by atoms with E-state index in [-0.39, 0.29) is 5.41 Å². The van der Waals surface area contributed by atoms with Crippen LogP contribution in [0.15, 0.2) is 17.6 Å². The first-order chi connectivity index (χ1) is 13.8. The van der Waals surface area contributed by atoms with Crippen molar-refractivity contribution < 1.29 is 9.90 Å². The van der Waals surface area contributed by atoms with E-state index in [1.807, 2.05) is 24.0 Å². The molecule has 0 bridgehead atoms. The summed E-state index contributed by atoms with van der Waals surface area (Å²) in [5, 5.41) is 12.9. The summed E-state index contributed by atoms with van der Waals surface area (Å²) < 4.78 is 2.05. The van der Waals surface area contributed by atoms with Gasteiger partial charge in [-0.2, -0.15) is 0 Å². The van der Waals surface area contributed by atoms with Crippen LogP contribution in [0.2, 0.25) is 0 Å². The third-order valence-corrected chi connectivity index (χ3v) is 11.3. The molecule has 0 amide bonds. The predicted molar refractivity (Wildman–Crippen MR) is 116 cm³/mol. The zero-order valence-corrected chi connectivity index (χ0v) is 19.0. The van der Waals surface area contributed by atoms with Gasteiger partial charge >= 0.3 is 0 Å². The minimum absolute atomic E-state index is 0.0139. The molecule has 1 aromatic heterocycles. The van der Waals surface area contributed by atoms with Gasteiger partial charge in [0, 0.05) is 43.5 Å². The first-order valence-corrected chi connectivity index (χ1v) is 12.6. The highest BCUT2D eigenvalue weighted by atomic mass is 32.2. The van der Waals surface area contributed by atoms with E-state index >= 15 is 0 Å². The van der Waals surface area contributed by atoms with Crippen LogP contribution in [0.4, 0.5) is 0 Å². The van der Waals surface area contributed by atoms with Gasteiger partial charge in [0.1, 0.15) is 5.78 Å². The summed E-state index contributed by atoms with van der Waals surface area (Å²) in [7, 11) is 2.03. The first kappa shape index (κ1) is 20.1. The molecule has 0 aromatic carbocycles. The lowest BCUT2D eigenvalue weighted by Crippen LogP contribution is -2.57. The summed E-state index contributed by atoms with van der Waals surface area (Å²) in [5.74, 6) is 3.95. The number of Topliss-reactive ketones (excluding diaryl/α,β-unsaturated/α-hetero) is 1. The second-order valence-electron chi connectivity index (χ2n) is 11.0. The smallest absolute Gasteiger partial charge is 0.167 e. The average molecular weight is 417 g/mol. The molecule has 4 aliphatic rings. The maximum atomic E-state index is 12.1. The maximum Gasteiger partial charge on any atom is 0.167 e. The van der Waals surface area contributed by atoms with E-state index in [4.69, 9.17) is 0 Å². The highest BCUT2D eigenvalue weighted by molar-refractivity contribution is 7.99. The molecule has 7 atom stereocenters. The quantitative estimate of drug-likeness (QED) is 0.715. The molecule has 5 heteroatoms. The number of aryl methyl sites for hydroxylation is 1. The van der Waals surface area contributed by atoms with Crippen LogP contribution in [0.3, 0.4) is 0 Å². The zero-order chi connectivity index (χ0) is 20.4. The zero-order valence-electron chi connectivity index (χ0n) is 18.2. The van der Waals surface area contributed by atoms with Crippen molar-refractivity contribution in [3.8, 4) is 0 Å². The van der Waals surface area contributed by atoms with Crippen molar-refractivity contribution in [1.82, 2.24) is 9.55 Å². The van der Waals surface area contributed by atoms with E-state index in [0.717, 1.165) is 61.3 Å². The fourth-order valence-corrected chi connectivity index (χ4v) is 9.31. The van der Waals surface area contributed by atoms with Crippen molar-refractivity contribution >= 4 is 17.5 Å². The molecule has 0 aliphatic heterocycles. The summed E-state index contributed by atoms with van der Waals surface area (Å²) in [6, 6.07) is 0. The van der Waals surface area contributed by atoms with Crippen LogP contribution >= 0.6 is 11.8 Å². The van der Waals surface area contributed by atoms with Crippen LogP contribution in [-0.2, 0) is 11.8 Å². The van der Waals surface area contributed by atoms with E-state index in [2.05, 4.69) is 18.8 Å². The molecule has 4 saturated carbocycles. The number of thioether (sulfide) groups is 1. The molecule has 160 valence electrons. The molecule has 0 spiro atoms. The van der Waals surface area contributed by atoms with E-state index in [0.29, 0.717) is 23.0 Å². The summed E-state index contributed by atoms with van der Waals surface area (Å²) in [6.07, 6.45) is 13.5. The lowest BCUT2D eigenvalue weighted by molar-refractivity contribution is -0.152. The third kappa shape index (κ3) is 2.90. The monoisotopic (exact) mass is 416 g/mol. The topological polar surface area (TPSA) is 55.1 Å². The second kappa shape index (κ2) is 6.85. The number of rotatable bonds is 3. The summed E-state index contributed by atoms with van der Waals surface area (Å²) in [5.41, 5.74) is -0.236.